The largest absolute Gasteiger partial charge is 0.355 e. The summed E-state index contributed by atoms with van der Waals surface area (Å²) in [6, 6.07) is 15.2. The lowest BCUT2D eigenvalue weighted by Gasteiger charge is -2.13. The summed E-state index contributed by atoms with van der Waals surface area (Å²) in [5, 5.41) is 3.54. The molecule has 0 spiro atoms. The molecule has 0 atom stereocenters. The summed E-state index contributed by atoms with van der Waals surface area (Å²) in [6.07, 6.45) is 6.07. The zero-order valence-electron chi connectivity index (χ0n) is 13.7. The van der Waals surface area contributed by atoms with Gasteiger partial charge in [-0.3, -0.25) is 0 Å². The number of alkyl halides is 1. The fourth-order valence-electron chi connectivity index (χ4n) is 2.66. The van der Waals surface area contributed by atoms with Gasteiger partial charge in [-0.1, -0.05) is 43.2 Å². The highest BCUT2D eigenvalue weighted by atomic mass is 35.5. The van der Waals surface area contributed by atoms with Crippen molar-refractivity contribution < 1.29 is 0 Å². The molecule has 0 amide bonds. The number of nitrogens with one attached hydrogen (secondary N) is 1. The predicted octanol–water partition coefficient (Wildman–Crippen LogP) is 6.39. The van der Waals surface area contributed by atoms with E-state index in [0.717, 1.165) is 18.7 Å². The minimum atomic E-state index is 0.790. The number of benzene rings is 2. The minimum Gasteiger partial charge on any atom is -0.355 e. The Morgan fingerprint density at radius 1 is 0.818 bits per heavy atom. The Morgan fingerprint density at radius 3 is 2.27 bits per heavy atom. The number of rotatable bonds is 8. The fourth-order valence-corrected chi connectivity index (χ4v) is 2.85. The first kappa shape index (κ1) is 16.9. The third-order valence-electron chi connectivity index (χ3n) is 4.05. The Hall–Kier alpha value is -1.47. The van der Waals surface area contributed by atoms with Gasteiger partial charge in [-0.25, -0.2) is 0 Å². The zero-order chi connectivity index (χ0) is 15.8. The summed E-state index contributed by atoms with van der Waals surface area (Å²) < 4.78 is 0. The van der Waals surface area contributed by atoms with Gasteiger partial charge in [0, 0.05) is 17.3 Å². The number of hydrogen-bond acceptors (Lipinski definition) is 1. The molecular formula is C20H26ClN. The first-order valence-corrected chi connectivity index (χ1v) is 8.72. The van der Waals surface area contributed by atoms with Crippen LogP contribution in [0, 0.1) is 13.8 Å². The quantitative estimate of drug-likeness (QED) is 0.439. The molecule has 0 aliphatic carbocycles. The molecule has 0 saturated heterocycles. The molecule has 22 heavy (non-hydrogen) atoms. The standard InChI is InChI=1S/C20H26ClN/c1-16-9-6-7-11-19(16)22-20-13-12-18(15-17(20)2)10-5-3-4-8-14-21/h6-7,9,11-13,15,22H,3-5,8,10,14H2,1-2H3. The van der Waals surface area contributed by atoms with Crippen LogP contribution < -0.4 is 5.32 Å². The second-order valence-electron chi connectivity index (χ2n) is 5.94. The lowest BCUT2D eigenvalue weighted by Crippen LogP contribution is -1.96. The molecule has 2 aromatic rings. The Bertz CT molecular complexity index is 592. The van der Waals surface area contributed by atoms with E-state index in [1.807, 2.05) is 0 Å². The number of hydrogen-bond donors (Lipinski definition) is 1. The van der Waals surface area contributed by atoms with Crippen LogP contribution in [0.2, 0.25) is 0 Å². The summed E-state index contributed by atoms with van der Waals surface area (Å²) in [5.41, 5.74) is 6.38. The van der Waals surface area contributed by atoms with E-state index in [-0.39, 0.29) is 0 Å². The highest BCUT2D eigenvalue weighted by Gasteiger charge is 2.03. The van der Waals surface area contributed by atoms with Crippen LogP contribution in [0.15, 0.2) is 42.5 Å². The molecule has 0 radical (unpaired) electrons. The SMILES string of the molecule is Cc1ccccc1Nc1ccc(CCCCCCCl)cc1C. The average Bonchev–Trinajstić information content (AvgIpc) is 2.51. The summed E-state index contributed by atoms with van der Waals surface area (Å²) in [4.78, 5) is 0. The molecule has 0 bridgehead atoms. The summed E-state index contributed by atoms with van der Waals surface area (Å²) in [7, 11) is 0. The van der Waals surface area contributed by atoms with Gasteiger partial charge in [0.2, 0.25) is 0 Å². The molecule has 2 aromatic carbocycles. The van der Waals surface area contributed by atoms with Crippen molar-refractivity contribution in [2.45, 2.75) is 46.0 Å². The van der Waals surface area contributed by atoms with Crippen molar-refractivity contribution >= 4 is 23.0 Å². The van der Waals surface area contributed by atoms with Gasteiger partial charge in [0.05, 0.1) is 0 Å². The van der Waals surface area contributed by atoms with Crippen LogP contribution in [0.3, 0.4) is 0 Å². The van der Waals surface area contributed by atoms with Gasteiger partial charge < -0.3 is 5.32 Å². The number of aryl methyl sites for hydroxylation is 3. The topological polar surface area (TPSA) is 12.0 Å². The second kappa shape index (κ2) is 8.85. The maximum absolute atomic E-state index is 5.71. The Morgan fingerprint density at radius 2 is 1.55 bits per heavy atom. The van der Waals surface area contributed by atoms with Gasteiger partial charge in [0.25, 0.3) is 0 Å². The van der Waals surface area contributed by atoms with Crippen molar-refractivity contribution in [3.8, 4) is 0 Å². The van der Waals surface area contributed by atoms with Crippen molar-refractivity contribution in [3.63, 3.8) is 0 Å². The van der Waals surface area contributed by atoms with Crippen molar-refractivity contribution in [3.05, 3.63) is 59.2 Å². The lowest BCUT2D eigenvalue weighted by atomic mass is 10.0. The van der Waals surface area contributed by atoms with Gasteiger partial charge in [0.15, 0.2) is 0 Å². The van der Waals surface area contributed by atoms with Crippen LogP contribution in [0.5, 0.6) is 0 Å². The lowest BCUT2D eigenvalue weighted by molar-refractivity contribution is 0.669. The third kappa shape index (κ3) is 5.06. The highest BCUT2D eigenvalue weighted by Crippen LogP contribution is 2.24. The van der Waals surface area contributed by atoms with E-state index in [1.54, 1.807) is 0 Å². The number of unbranched alkanes of at least 4 members (excludes halogenated alkanes) is 3. The number of para-hydroxylation sites is 1. The van der Waals surface area contributed by atoms with Crippen LogP contribution in [0.4, 0.5) is 11.4 Å². The molecule has 1 nitrogen and oxygen atoms in total. The monoisotopic (exact) mass is 315 g/mol. The molecular weight excluding hydrogens is 290 g/mol. The van der Waals surface area contributed by atoms with Crippen LogP contribution in [-0.4, -0.2) is 5.88 Å². The Labute approximate surface area is 139 Å². The first-order chi connectivity index (χ1) is 10.7. The van der Waals surface area contributed by atoms with Crippen LogP contribution in [0.1, 0.15) is 42.4 Å². The van der Waals surface area contributed by atoms with E-state index >= 15 is 0 Å². The van der Waals surface area contributed by atoms with Crippen LogP contribution in [0.25, 0.3) is 0 Å². The number of halogens is 1. The smallest absolute Gasteiger partial charge is 0.0414 e. The zero-order valence-corrected chi connectivity index (χ0v) is 14.4. The highest BCUT2D eigenvalue weighted by molar-refractivity contribution is 6.17. The summed E-state index contributed by atoms with van der Waals surface area (Å²) in [5.74, 6) is 0.790. The average molecular weight is 316 g/mol. The molecule has 0 fully saturated rings. The number of anilines is 2. The molecule has 1 N–H and O–H groups in total. The summed E-state index contributed by atoms with van der Waals surface area (Å²) >= 11 is 5.71. The van der Waals surface area contributed by atoms with E-state index < -0.39 is 0 Å². The molecule has 2 rings (SSSR count). The summed E-state index contributed by atoms with van der Waals surface area (Å²) in [6.45, 7) is 4.31. The van der Waals surface area contributed by atoms with Crippen molar-refractivity contribution in [2.75, 3.05) is 11.2 Å². The first-order valence-electron chi connectivity index (χ1n) is 8.19. The van der Waals surface area contributed by atoms with E-state index in [9.17, 15) is 0 Å². The molecule has 118 valence electrons. The molecule has 0 aromatic heterocycles. The van der Waals surface area contributed by atoms with E-state index in [4.69, 9.17) is 11.6 Å². The van der Waals surface area contributed by atoms with E-state index in [2.05, 4.69) is 61.6 Å². The normalized spacial score (nSPS) is 10.7. The third-order valence-corrected chi connectivity index (χ3v) is 4.32. The van der Waals surface area contributed by atoms with Gasteiger partial charge >= 0.3 is 0 Å². The van der Waals surface area contributed by atoms with Gasteiger partial charge in [-0.15, -0.1) is 11.6 Å². The Balaban J connectivity index is 1.93. The fraction of sp³-hybridized carbons (Fsp3) is 0.400. The molecule has 2 heteroatoms. The second-order valence-corrected chi connectivity index (χ2v) is 6.32. The molecule has 0 aliphatic rings. The van der Waals surface area contributed by atoms with Crippen LogP contribution >= 0.6 is 11.6 Å². The van der Waals surface area contributed by atoms with Crippen molar-refractivity contribution in [1.82, 2.24) is 0 Å². The van der Waals surface area contributed by atoms with Crippen molar-refractivity contribution in [1.29, 1.82) is 0 Å². The van der Waals surface area contributed by atoms with E-state index in [0.29, 0.717) is 0 Å². The van der Waals surface area contributed by atoms with Gasteiger partial charge in [-0.05, 0) is 61.9 Å². The van der Waals surface area contributed by atoms with Crippen molar-refractivity contribution in [2.24, 2.45) is 0 Å². The van der Waals surface area contributed by atoms with Gasteiger partial charge in [0.1, 0.15) is 0 Å². The molecule has 0 aliphatic heterocycles. The maximum atomic E-state index is 5.71. The predicted molar refractivity (Wildman–Crippen MR) is 98.5 cm³/mol. The minimum absolute atomic E-state index is 0.790. The molecule has 0 saturated carbocycles. The molecule has 0 heterocycles. The van der Waals surface area contributed by atoms with E-state index in [1.165, 1.54) is 47.3 Å². The Kier molecular flexibility index (Phi) is 6.79. The van der Waals surface area contributed by atoms with Crippen LogP contribution in [-0.2, 0) is 6.42 Å². The maximum Gasteiger partial charge on any atom is 0.0414 e. The molecule has 0 unspecified atom stereocenters. The van der Waals surface area contributed by atoms with Gasteiger partial charge in [-0.2, -0.15) is 0 Å².